The van der Waals surface area contributed by atoms with Gasteiger partial charge in [-0.2, -0.15) is 4.98 Å². The van der Waals surface area contributed by atoms with Gasteiger partial charge in [0.2, 0.25) is 16.0 Å². The minimum absolute atomic E-state index is 0.110. The van der Waals surface area contributed by atoms with Gasteiger partial charge in [0.1, 0.15) is 10.8 Å². The number of hydrogen-bond donors (Lipinski definition) is 2. The van der Waals surface area contributed by atoms with Crippen molar-refractivity contribution in [2.45, 2.75) is 45.4 Å². The maximum absolute atomic E-state index is 12.2. The third kappa shape index (κ3) is 8.80. The van der Waals surface area contributed by atoms with Gasteiger partial charge in [-0.05, 0) is 74.9 Å². The van der Waals surface area contributed by atoms with Gasteiger partial charge in [0.05, 0.1) is 49.8 Å². The Morgan fingerprint density at radius 3 is 2.44 bits per heavy atom. The normalized spacial score (nSPS) is 16.4. The lowest BCUT2D eigenvalue weighted by molar-refractivity contribution is -0.145. The summed E-state index contributed by atoms with van der Waals surface area (Å²) in [5.74, 6) is 1.16. The van der Waals surface area contributed by atoms with E-state index in [0.29, 0.717) is 53.1 Å². The summed E-state index contributed by atoms with van der Waals surface area (Å²) in [7, 11) is -0.362. The van der Waals surface area contributed by atoms with Crippen LogP contribution >= 0.6 is 11.6 Å². The molecule has 1 spiro atoms. The number of esters is 1. The van der Waals surface area contributed by atoms with Crippen molar-refractivity contribution in [2.75, 3.05) is 79.6 Å². The molecule has 3 heterocycles. The number of anilines is 6. The van der Waals surface area contributed by atoms with Crippen LogP contribution in [0.3, 0.4) is 0 Å². The Bertz CT molecular complexity index is 1670. The summed E-state index contributed by atoms with van der Waals surface area (Å²) >= 11 is 6.44. The average molecular weight is 700 g/mol. The highest BCUT2D eigenvalue weighted by Gasteiger charge is 2.38. The topological polar surface area (TPSA) is 129 Å². The molecule has 0 amide bonds. The smallest absolute Gasteiger partial charge is 0.320 e. The summed E-state index contributed by atoms with van der Waals surface area (Å²) in [6.45, 7) is 6.79. The molecule has 2 aliphatic rings. The van der Waals surface area contributed by atoms with E-state index in [4.69, 9.17) is 21.1 Å². The summed E-state index contributed by atoms with van der Waals surface area (Å²) in [6, 6.07) is 13.1. The van der Waals surface area contributed by atoms with E-state index >= 15 is 0 Å². The Labute approximate surface area is 288 Å². The monoisotopic (exact) mass is 699 g/mol. The number of methoxy groups -OCH3 is 1. The summed E-state index contributed by atoms with van der Waals surface area (Å²) < 4.78 is 36.7. The van der Waals surface area contributed by atoms with Crippen LogP contribution in [0.1, 0.15) is 45.4 Å². The first-order chi connectivity index (χ1) is 23.0. The number of carbonyl (C=O) groups is 1. The third-order valence-corrected chi connectivity index (χ3v) is 10.9. The summed E-state index contributed by atoms with van der Waals surface area (Å²) in [4.78, 5) is 25.7. The molecular formula is C34H46ClN7O5S. The minimum atomic E-state index is -3.48. The molecule has 0 unspecified atom stereocenters. The fraction of sp³-hybridized carbons (Fsp3) is 0.500. The number of aromatic nitrogens is 2. The minimum Gasteiger partial charge on any atom is -0.494 e. The molecule has 2 N–H and O–H groups in total. The standard InChI is InChI=1S/C34H46ClN7O5S/c1-5-6-21-47-31(43)24-41-17-13-34(14-18-41)15-19-42(20-16-34)25-11-12-28(30(22-25)46-3)38-33-36-23-26(35)32(39-33)37-27-9-7-8-10-29(27)40(2)48(4,44)45/h7-12,22-23H,5-6,13-21,24H2,1-4H3,(H2,36,37,38,39). The van der Waals surface area contributed by atoms with E-state index in [1.165, 1.54) is 17.5 Å². The van der Waals surface area contributed by atoms with E-state index < -0.39 is 10.0 Å². The lowest BCUT2D eigenvalue weighted by atomic mass is 9.71. The molecule has 5 rings (SSSR count). The van der Waals surface area contributed by atoms with Crippen molar-refractivity contribution in [1.82, 2.24) is 14.9 Å². The maximum atomic E-state index is 12.2. The van der Waals surface area contributed by atoms with E-state index in [1.54, 1.807) is 31.4 Å². The zero-order chi connectivity index (χ0) is 34.3. The van der Waals surface area contributed by atoms with Crippen LogP contribution in [-0.2, 0) is 19.6 Å². The van der Waals surface area contributed by atoms with E-state index in [9.17, 15) is 13.2 Å². The van der Waals surface area contributed by atoms with Crippen molar-refractivity contribution in [1.29, 1.82) is 0 Å². The molecule has 0 atom stereocenters. The SMILES string of the molecule is CCCCOC(=O)CN1CCC2(CC1)CCN(c1ccc(Nc3ncc(Cl)c(Nc4ccccc4N(C)S(C)(=O)=O)n3)c(OC)c1)CC2. The molecule has 1 aromatic heterocycles. The molecule has 0 bridgehead atoms. The quantitative estimate of drug-likeness (QED) is 0.160. The molecule has 0 aliphatic carbocycles. The second kappa shape index (κ2) is 15.6. The molecule has 0 radical (unpaired) electrons. The third-order valence-electron chi connectivity index (χ3n) is 9.39. The molecule has 2 saturated heterocycles. The Kier molecular flexibility index (Phi) is 11.5. The summed E-state index contributed by atoms with van der Waals surface area (Å²) in [6.07, 6.45) is 9.00. The molecule has 48 heavy (non-hydrogen) atoms. The summed E-state index contributed by atoms with van der Waals surface area (Å²) in [5.41, 5.74) is 3.08. The van der Waals surface area contributed by atoms with Crippen molar-refractivity contribution < 1.29 is 22.7 Å². The molecule has 0 saturated carbocycles. The van der Waals surface area contributed by atoms with Crippen molar-refractivity contribution in [3.63, 3.8) is 0 Å². The van der Waals surface area contributed by atoms with E-state index in [2.05, 4.69) is 43.4 Å². The Balaban J connectivity index is 1.20. The number of benzene rings is 2. The van der Waals surface area contributed by atoms with Gasteiger partial charge < -0.3 is 25.0 Å². The number of para-hydroxylation sites is 2. The van der Waals surface area contributed by atoms with E-state index in [0.717, 1.165) is 76.6 Å². The predicted molar refractivity (Wildman–Crippen MR) is 192 cm³/mol. The second-order valence-corrected chi connectivity index (χ2v) is 15.0. The average Bonchev–Trinajstić information content (AvgIpc) is 3.07. The number of hydrogen-bond acceptors (Lipinski definition) is 11. The first-order valence-electron chi connectivity index (χ1n) is 16.4. The molecular weight excluding hydrogens is 654 g/mol. The predicted octanol–water partition coefficient (Wildman–Crippen LogP) is 6.05. The molecule has 12 nitrogen and oxygen atoms in total. The number of ether oxygens (including phenoxy) is 2. The number of carbonyl (C=O) groups excluding carboxylic acids is 1. The zero-order valence-corrected chi connectivity index (χ0v) is 29.7. The number of unbranched alkanes of at least 4 members (excludes halogenated alkanes) is 1. The number of halogens is 1. The molecule has 260 valence electrons. The van der Waals surface area contributed by atoms with Crippen LogP contribution in [0.25, 0.3) is 0 Å². The van der Waals surface area contributed by atoms with Gasteiger partial charge >= 0.3 is 5.97 Å². The Morgan fingerprint density at radius 1 is 1.04 bits per heavy atom. The first kappa shape index (κ1) is 35.5. The van der Waals surface area contributed by atoms with Crippen LogP contribution in [0.4, 0.5) is 34.5 Å². The van der Waals surface area contributed by atoms with Crippen LogP contribution in [0.15, 0.2) is 48.7 Å². The van der Waals surface area contributed by atoms with Gasteiger partial charge in [0, 0.05) is 31.9 Å². The van der Waals surface area contributed by atoms with Crippen molar-refractivity contribution in [3.8, 4) is 5.75 Å². The van der Waals surface area contributed by atoms with Gasteiger partial charge in [-0.25, -0.2) is 13.4 Å². The van der Waals surface area contributed by atoms with E-state index in [1.807, 2.05) is 12.1 Å². The number of nitrogens with zero attached hydrogens (tertiary/aromatic N) is 5. The molecule has 2 aliphatic heterocycles. The number of piperidine rings is 2. The van der Waals surface area contributed by atoms with Gasteiger partial charge in [0.25, 0.3) is 0 Å². The van der Waals surface area contributed by atoms with E-state index in [-0.39, 0.29) is 11.0 Å². The highest BCUT2D eigenvalue weighted by atomic mass is 35.5. The number of nitrogens with one attached hydrogen (secondary N) is 2. The molecule has 3 aromatic rings. The van der Waals surface area contributed by atoms with Gasteiger partial charge in [-0.1, -0.05) is 37.1 Å². The fourth-order valence-corrected chi connectivity index (χ4v) is 6.91. The Morgan fingerprint density at radius 2 is 1.75 bits per heavy atom. The van der Waals surface area contributed by atoms with Crippen LogP contribution in [0.5, 0.6) is 5.75 Å². The summed E-state index contributed by atoms with van der Waals surface area (Å²) in [5, 5.41) is 6.67. The highest BCUT2D eigenvalue weighted by molar-refractivity contribution is 7.92. The lowest BCUT2D eigenvalue weighted by Gasteiger charge is -2.47. The molecule has 2 fully saturated rings. The lowest BCUT2D eigenvalue weighted by Crippen LogP contribution is -2.48. The zero-order valence-electron chi connectivity index (χ0n) is 28.2. The number of sulfonamides is 1. The van der Waals surface area contributed by atoms with Gasteiger partial charge in [0.15, 0.2) is 5.82 Å². The maximum Gasteiger partial charge on any atom is 0.320 e. The largest absolute Gasteiger partial charge is 0.494 e. The van der Waals surface area contributed by atoms with Crippen LogP contribution in [0, 0.1) is 5.41 Å². The van der Waals surface area contributed by atoms with Crippen molar-refractivity contribution in [2.24, 2.45) is 5.41 Å². The van der Waals surface area contributed by atoms with Gasteiger partial charge in [-0.3, -0.25) is 14.0 Å². The molecule has 2 aromatic carbocycles. The van der Waals surface area contributed by atoms with Crippen molar-refractivity contribution in [3.05, 3.63) is 53.7 Å². The molecule has 14 heteroatoms. The number of rotatable bonds is 13. The van der Waals surface area contributed by atoms with Crippen LogP contribution in [-0.4, -0.2) is 89.0 Å². The van der Waals surface area contributed by atoms with Gasteiger partial charge in [-0.15, -0.1) is 0 Å². The van der Waals surface area contributed by atoms with Crippen molar-refractivity contribution >= 4 is 62.1 Å². The fourth-order valence-electron chi connectivity index (χ4n) is 6.26. The highest BCUT2D eigenvalue weighted by Crippen LogP contribution is 2.43. The van der Waals surface area contributed by atoms with Crippen LogP contribution in [0.2, 0.25) is 5.02 Å². The number of likely N-dealkylation sites (tertiary alicyclic amines) is 1. The Hall–Kier alpha value is -3.81. The first-order valence-corrected chi connectivity index (χ1v) is 18.6. The van der Waals surface area contributed by atoms with Crippen LogP contribution < -0.4 is 24.6 Å². The second-order valence-electron chi connectivity index (χ2n) is 12.6.